The van der Waals surface area contributed by atoms with Crippen LogP contribution in [-0.2, 0) is 24.4 Å². The molecule has 2 aromatic heterocycles. The maximum Gasteiger partial charge on any atom is 0.234 e. The molecule has 3 aromatic rings. The molecule has 0 spiro atoms. The fourth-order valence-electron chi connectivity index (χ4n) is 2.66. The Kier molecular flexibility index (Phi) is 6.45. The van der Waals surface area contributed by atoms with E-state index in [0.29, 0.717) is 26.2 Å². The number of pyridine rings is 2. The van der Waals surface area contributed by atoms with E-state index in [2.05, 4.69) is 15.3 Å². The second-order valence-corrected chi connectivity index (χ2v) is 6.05. The molecule has 0 atom stereocenters. The second kappa shape index (κ2) is 9.44. The van der Waals surface area contributed by atoms with Crippen molar-refractivity contribution in [3.63, 3.8) is 0 Å². The van der Waals surface area contributed by atoms with Gasteiger partial charge in [0.25, 0.3) is 0 Å². The minimum absolute atomic E-state index is 0.0132. The lowest BCUT2D eigenvalue weighted by Crippen LogP contribution is -2.36. The van der Waals surface area contributed by atoms with E-state index in [4.69, 9.17) is 0 Å². The molecule has 1 N–H and O–H groups in total. The lowest BCUT2D eigenvalue weighted by Gasteiger charge is -2.21. The third-order valence-electron chi connectivity index (χ3n) is 3.92. The average molecular weight is 346 g/mol. The molecule has 0 aliphatic heterocycles. The van der Waals surface area contributed by atoms with Gasteiger partial charge in [0.05, 0.1) is 17.9 Å². The van der Waals surface area contributed by atoms with Crippen LogP contribution in [0.15, 0.2) is 79.1 Å². The molecule has 0 saturated heterocycles. The number of nitrogens with zero attached hydrogens (tertiary/aromatic N) is 3. The zero-order chi connectivity index (χ0) is 18.0. The Morgan fingerprint density at radius 1 is 0.808 bits per heavy atom. The van der Waals surface area contributed by atoms with Crippen LogP contribution in [0.3, 0.4) is 0 Å². The normalized spacial score (nSPS) is 10.7. The molecule has 0 radical (unpaired) electrons. The lowest BCUT2D eigenvalue weighted by atomic mass is 10.2. The Morgan fingerprint density at radius 2 is 1.38 bits per heavy atom. The van der Waals surface area contributed by atoms with E-state index in [0.717, 1.165) is 17.0 Å². The van der Waals surface area contributed by atoms with Gasteiger partial charge in [-0.15, -0.1) is 0 Å². The molecule has 3 rings (SSSR count). The molecular weight excluding hydrogens is 324 g/mol. The van der Waals surface area contributed by atoms with Gasteiger partial charge in [0.15, 0.2) is 0 Å². The number of carbonyl (C=O) groups excluding carboxylic acids is 1. The van der Waals surface area contributed by atoms with E-state index in [1.807, 2.05) is 71.6 Å². The van der Waals surface area contributed by atoms with Crippen LogP contribution in [0.25, 0.3) is 0 Å². The minimum atomic E-state index is -0.0132. The smallest absolute Gasteiger partial charge is 0.234 e. The molecule has 5 heteroatoms. The number of benzene rings is 1. The van der Waals surface area contributed by atoms with Crippen LogP contribution < -0.4 is 5.32 Å². The zero-order valence-electron chi connectivity index (χ0n) is 14.6. The Hall–Kier alpha value is -3.05. The summed E-state index contributed by atoms with van der Waals surface area (Å²) < 4.78 is 0. The summed E-state index contributed by atoms with van der Waals surface area (Å²) in [5, 5.41) is 2.98. The van der Waals surface area contributed by atoms with Crippen LogP contribution in [-0.4, -0.2) is 27.3 Å². The van der Waals surface area contributed by atoms with Crippen molar-refractivity contribution < 1.29 is 4.79 Å². The Balaban J connectivity index is 1.61. The van der Waals surface area contributed by atoms with Crippen LogP contribution in [0.2, 0.25) is 0 Å². The van der Waals surface area contributed by atoms with Crippen molar-refractivity contribution in [1.82, 2.24) is 20.2 Å². The highest BCUT2D eigenvalue weighted by Gasteiger charge is 2.13. The predicted octanol–water partition coefficient (Wildman–Crippen LogP) is 2.80. The van der Waals surface area contributed by atoms with Crippen LogP contribution in [0, 0.1) is 0 Å². The summed E-state index contributed by atoms with van der Waals surface area (Å²) in [6.07, 6.45) is 3.54. The molecule has 26 heavy (non-hydrogen) atoms. The van der Waals surface area contributed by atoms with E-state index in [1.54, 1.807) is 12.4 Å². The highest BCUT2D eigenvalue weighted by molar-refractivity contribution is 5.78. The molecule has 1 amide bonds. The third-order valence-corrected chi connectivity index (χ3v) is 3.92. The molecule has 0 saturated carbocycles. The lowest BCUT2D eigenvalue weighted by molar-refractivity contribution is -0.122. The molecule has 0 fully saturated rings. The maximum atomic E-state index is 12.4. The predicted molar refractivity (Wildman–Crippen MR) is 101 cm³/mol. The summed E-state index contributed by atoms with van der Waals surface area (Å²) in [4.78, 5) is 23.2. The van der Waals surface area contributed by atoms with Gasteiger partial charge in [-0.05, 0) is 29.8 Å². The van der Waals surface area contributed by atoms with Crippen molar-refractivity contribution in [2.45, 2.75) is 19.6 Å². The fraction of sp³-hybridized carbons (Fsp3) is 0.190. The summed E-state index contributed by atoms with van der Waals surface area (Å²) in [5.74, 6) is -0.0132. The highest BCUT2D eigenvalue weighted by atomic mass is 16.2. The van der Waals surface area contributed by atoms with E-state index in [-0.39, 0.29) is 5.91 Å². The van der Waals surface area contributed by atoms with Gasteiger partial charge < -0.3 is 5.32 Å². The molecule has 0 aliphatic carbocycles. The zero-order valence-corrected chi connectivity index (χ0v) is 14.6. The Morgan fingerprint density at radius 3 is 1.92 bits per heavy atom. The van der Waals surface area contributed by atoms with E-state index in [9.17, 15) is 4.79 Å². The Labute approximate surface area is 153 Å². The van der Waals surface area contributed by atoms with Gasteiger partial charge in [-0.1, -0.05) is 42.5 Å². The van der Waals surface area contributed by atoms with Crippen molar-refractivity contribution in [3.8, 4) is 0 Å². The SMILES string of the molecule is O=C(CN(Cc1ccccn1)Cc1ccccn1)NCc1ccccc1. The molecule has 5 nitrogen and oxygen atoms in total. The third kappa shape index (κ3) is 5.79. The van der Waals surface area contributed by atoms with Crippen LogP contribution >= 0.6 is 0 Å². The largest absolute Gasteiger partial charge is 0.351 e. The minimum Gasteiger partial charge on any atom is -0.351 e. The van der Waals surface area contributed by atoms with Gasteiger partial charge >= 0.3 is 0 Å². The maximum absolute atomic E-state index is 12.4. The molecule has 1 aromatic carbocycles. The average Bonchev–Trinajstić information content (AvgIpc) is 2.69. The van der Waals surface area contributed by atoms with E-state index >= 15 is 0 Å². The van der Waals surface area contributed by atoms with Crippen molar-refractivity contribution in [3.05, 3.63) is 96.1 Å². The standard InChI is InChI=1S/C21H22N4O/c26-21(24-14-18-8-2-1-3-9-18)17-25(15-19-10-4-6-12-22-19)16-20-11-5-7-13-23-20/h1-13H,14-17H2,(H,24,26). The van der Waals surface area contributed by atoms with Crippen molar-refractivity contribution in [2.75, 3.05) is 6.54 Å². The number of carbonyl (C=O) groups is 1. The summed E-state index contributed by atoms with van der Waals surface area (Å²) in [5.41, 5.74) is 2.94. The fourth-order valence-corrected chi connectivity index (χ4v) is 2.66. The first-order valence-electron chi connectivity index (χ1n) is 8.62. The van der Waals surface area contributed by atoms with E-state index < -0.39 is 0 Å². The monoisotopic (exact) mass is 346 g/mol. The number of amides is 1. The van der Waals surface area contributed by atoms with Crippen molar-refractivity contribution in [1.29, 1.82) is 0 Å². The summed E-state index contributed by atoms with van der Waals surface area (Å²) in [6, 6.07) is 21.5. The van der Waals surface area contributed by atoms with Crippen molar-refractivity contribution in [2.24, 2.45) is 0 Å². The number of hydrogen-bond donors (Lipinski definition) is 1. The summed E-state index contributed by atoms with van der Waals surface area (Å²) in [7, 11) is 0. The molecular formula is C21H22N4O. The van der Waals surface area contributed by atoms with Crippen LogP contribution in [0.4, 0.5) is 0 Å². The molecule has 2 heterocycles. The van der Waals surface area contributed by atoms with Gasteiger partial charge in [0, 0.05) is 32.0 Å². The second-order valence-electron chi connectivity index (χ2n) is 6.05. The Bertz CT molecular complexity index is 753. The summed E-state index contributed by atoms with van der Waals surface area (Å²) >= 11 is 0. The molecule has 132 valence electrons. The number of aromatic nitrogens is 2. The van der Waals surface area contributed by atoms with Gasteiger partial charge in [0.1, 0.15) is 0 Å². The number of rotatable bonds is 8. The first-order valence-corrected chi connectivity index (χ1v) is 8.62. The summed E-state index contributed by atoms with van der Waals surface area (Å²) in [6.45, 7) is 2.01. The molecule has 0 bridgehead atoms. The van der Waals surface area contributed by atoms with Gasteiger partial charge in [-0.3, -0.25) is 19.7 Å². The van der Waals surface area contributed by atoms with E-state index in [1.165, 1.54) is 0 Å². The van der Waals surface area contributed by atoms with Crippen LogP contribution in [0.5, 0.6) is 0 Å². The topological polar surface area (TPSA) is 58.1 Å². The molecule has 0 aliphatic rings. The van der Waals surface area contributed by atoms with Gasteiger partial charge in [-0.25, -0.2) is 0 Å². The first-order chi connectivity index (χ1) is 12.8. The highest BCUT2D eigenvalue weighted by Crippen LogP contribution is 2.07. The van der Waals surface area contributed by atoms with Gasteiger partial charge in [-0.2, -0.15) is 0 Å². The van der Waals surface area contributed by atoms with Crippen molar-refractivity contribution >= 4 is 5.91 Å². The first kappa shape index (κ1) is 17.8. The van der Waals surface area contributed by atoms with Crippen LogP contribution in [0.1, 0.15) is 17.0 Å². The quantitative estimate of drug-likeness (QED) is 0.681. The number of nitrogens with one attached hydrogen (secondary N) is 1. The van der Waals surface area contributed by atoms with Gasteiger partial charge in [0.2, 0.25) is 5.91 Å². The molecule has 0 unspecified atom stereocenters. The number of hydrogen-bond acceptors (Lipinski definition) is 4.